The second kappa shape index (κ2) is 5.65. The minimum atomic E-state index is 0.375. The zero-order valence-electron chi connectivity index (χ0n) is 10.00. The number of nitrogens with zero attached hydrogens (tertiary/aromatic N) is 2. The van der Waals surface area contributed by atoms with Crippen LogP contribution in [0.25, 0.3) is 0 Å². The van der Waals surface area contributed by atoms with Gasteiger partial charge in [-0.2, -0.15) is 5.26 Å². The summed E-state index contributed by atoms with van der Waals surface area (Å²) in [5.41, 5.74) is 1.89. The van der Waals surface area contributed by atoms with Gasteiger partial charge in [0.2, 0.25) is 0 Å². The van der Waals surface area contributed by atoms with Gasteiger partial charge in [0.05, 0.1) is 12.8 Å². The van der Waals surface area contributed by atoms with Crippen LogP contribution in [0, 0.1) is 11.3 Å². The molecule has 0 atom stereocenters. The summed E-state index contributed by atoms with van der Waals surface area (Å²) in [7, 11) is 1.60. The topological polar surface area (TPSA) is 45.4 Å². The average molecular weight is 236 g/mol. The molecule has 0 unspecified atom stereocenters. The van der Waals surface area contributed by atoms with Crippen LogP contribution >= 0.6 is 0 Å². The monoisotopic (exact) mass is 236 g/mol. The molecule has 2 rings (SSSR count). The van der Waals surface area contributed by atoms with Crippen LogP contribution in [-0.4, -0.2) is 12.8 Å². The second-order valence-corrected chi connectivity index (χ2v) is 3.64. The van der Waals surface area contributed by atoms with Gasteiger partial charge in [0.25, 0.3) is 0 Å². The van der Waals surface area contributed by atoms with E-state index in [1.807, 2.05) is 48.5 Å². The van der Waals surface area contributed by atoms with Crippen molar-refractivity contribution in [3.05, 3.63) is 60.2 Å². The molecule has 0 amide bonds. The highest BCUT2D eigenvalue weighted by molar-refractivity contribution is 6.12. The summed E-state index contributed by atoms with van der Waals surface area (Å²) in [6.07, 6.45) is 0. The van der Waals surface area contributed by atoms with E-state index in [2.05, 4.69) is 11.1 Å². The van der Waals surface area contributed by atoms with Crippen molar-refractivity contribution in [2.45, 2.75) is 0 Å². The molecule has 2 aromatic carbocycles. The fourth-order valence-electron chi connectivity index (χ4n) is 1.56. The van der Waals surface area contributed by atoms with Crippen molar-refractivity contribution >= 4 is 11.4 Å². The molecule has 0 heterocycles. The van der Waals surface area contributed by atoms with E-state index in [0.717, 1.165) is 11.3 Å². The Balaban J connectivity index is 2.40. The number of para-hydroxylation sites is 1. The molecule has 0 spiro atoms. The molecular formula is C15H12N2O. The highest BCUT2D eigenvalue weighted by Gasteiger charge is 2.04. The van der Waals surface area contributed by atoms with Crippen molar-refractivity contribution in [3.63, 3.8) is 0 Å². The molecule has 0 aliphatic carbocycles. The van der Waals surface area contributed by atoms with Crippen molar-refractivity contribution < 1.29 is 4.74 Å². The summed E-state index contributed by atoms with van der Waals surface area (Å²) < 4.78 is 5.14. The van der Waals surface area contributed by atoms with Crippen LogP contribution < -0.4 is 4.74 Å². The molecule has 0 aromatic heterocycles. The van der Waals surface area contributed by atoms with Crippen molar-refractivity contribution in [2.75, 3.05) is 7.11 Å². The predicted molar refractivity (Wildman–Crippen MR) is 71.2 cm³/mol. The number of aliphatic imine (C=N–C) groups is 1. The summed E-state index contributed by atoms with van der Waals surface area (Å²) in [5, 5.41) is 9.18. The molecule has 0 saturated heterocycles. The molecule has 0 aliphatic heterocycles. The molecule has 0 N–H and O–H groups in total. The number of hydrogen-bond acceptors (Lipinski definition) is 3. The minimum absolute atomic E-state index is 0.375. The lowest BCUT2D eigenvalue weighted by molar-refractivity contribution is 0.414. The third-order valence-corrected chi connectivity index (χ3v) is 2.45. The molecule has 0 aliphatic rings. The lowest BCUT2D eigenvalue weighted by atomic mass is 10.1. The van der Waals surface area contributed by atoms with E-state index in [-0.39, 0.29) is 0 Å². The largest absolute Gasteiger partial charge is 0.497 e. The molecular weight excluding hydrogens is 224 g/mol. The van der Waals surface area contributed by atoms with E-state index in [0.29, 0.717) is 11.5 Å². The van der Waals surface area contributed by atoms with Crippen molar-refractivity contribution in [1.82, 2.24) is 0 Å². The van der Waals surface area contributed by atoms with Gasteiger partial charge in [-0.15, -0.1) is 0 Å². The van der Waals surface area contributed by atoms with Crippen molar-refractivity contribution in [1.29, 1.82) is 5.26 Å². The van der Waals surface area contributed by atoms with E-state index in [1.165, 1.54) is 0 Å². The highest BCUT2D eigenvalue weighted by Crippen LogP contribution is 2.16. The first kappa shape index (κ1) is 11.9. The van der Waals surface area contributed by atoms with Gasteiger partial charge >= 0.3 is 0 Å². The van der Waals surface area contributed by atoms with Gasteiger partial charge in [0, 0.05) is 5.56 Å². The summed E-state index contributed by atoms with van der Waals surface area (Å²) in [6.45, 7) is 0. The summed E-state index contributed by atoms with van der Waals surface area (Å²) in [5.74, 6) is 0.712. The number of ether oxygens (including phenoxy) is 1. The fraction of sp³-hybridized carbons (Fsp3) is 0.0667. The van der Waals surface area contributed by atoms with E-state index < -0.39 is 0 Å². The fourth-order valence-corrected chi connectivity index (χ4v) is 1.56. The van der Waals surface area contributed by atoms with E-state index in [1.54, 1.807) is 13.2 Å². The Kier molecular flexibility index (Phi) is 3.72. The normalized spacial score (nSPS) is 10.8. The first-order valence-corrected chi connectivity index (χ1v) is 5.52. The van der Waals surface area contributed by atoms with E-state index in [9.17, 15) is 5.26 Å². The molecule has 18 heavy (non-hydrogen) atoms. The van der Waals surface area contributed by atoms with Crippen LogP contribution in [0.4, 0.5) is 5.69 Å². The molecule has 0 radical (unpaired) electrons. The van der Waals surface area contributed by atoms with Crippen LogP contribution in [0.1, 0.15) is 5.56 Å². The average Bonchev–Trinajstić information content (AvgIpc) is 2.46. The number of nitriles is 1. The van der Waals surface area contributed by atoms with Gasteiger partial charge in [-0.25, -0.2) is 4.99 Å². The lowest BCUT2D eigenvalue weighted by Gasteiger charge is -2.02. The quantitative estimate of drug-likeness (QED) is 0.767. The van der Waals surface area contributed by atoms with Gasteiger partial charge < -0.3 is 4.74 Å². The predicted octanol–water partition coefficient (Wildman–Crippen LogP) is 3.34. The summed E-state index contributed by atoms with van der Waals surface area (Å²) >= 11 is 0. The molecule has 3 heteroatoms. The van der Waals surface area contributed by atoms with Crippen LogP contribution in [0.3, 0.4) is 0 Å². The van der Waals surface area contributed by atoms with Gasteiger partial charge in [0.1, 0.15) is 17.5 Å². The molecule has 3 nitrogen and oxygen atoms in total. The SMILES string of the molecule is COc1cccc(/C(C#N)=N/c2ccccc2)c1. The second-order valence-electron chi connectivity index (χ2n) is 3.64. The van der Waals surface area contributed by atoms with Gasteiger partial charge in [-0.05, 0) is 24.3 Å². The number of methoxy groups -OCH3 is 1. The number of hydrogen-bond donors (Lipinski definition) is 0. The Morgan fingerprint density at radius 1 is 1.11 bits per heavy atom. The Bertz CT molecular complexity index is 597. The third-order valence-electron chi connectivity index (χ3n) is 2.45. The standard InChI is InChI=1S/C15H12N2O/c1-18-14-9-5-6-12(10-14)15(11-16)17-13-7-3-2-4-8-13/h2-10H,1H3/b17-15+. The van der Waals surface area contributed by atoms with Crippen LogP contribution in [0.2, 0.25) is 0 Å². The van der Waals surface area contributed by atoms with Crippen molar-refractivity contribution in [2.24, 2.45) is 4.99 Å². The zero-order chi connectivity index (χ0) is 12.8. The Morgan fingerprint density at radius 3 is 2.56 bits per heavy atom. The first-order valence-electron chi connectivity index (χ1n) is 5.52. The molecule has 2 aromatic rings. The minimum Gasteiger partial charge on any atom is -0.497 e. The Morgan fingerprint density at radius 2 is 1.89 bits per heavy atom. The highest BCUT2D eigenvalue weighted by atomic mass is 16.5. The maximum atomic E-state index is 9.18. The van der Waals surface area contributed by atoms with Gasteiger partial charge in [-0.3, -0.25) is 0 Å². The number of benzene rings is 2. The third kappa shape index (κ3) is 2.74. The first-order chi connectivity index (χ1) is 8.83. The van der Waals surface area contributed by atoms with Gasteiger partial charge in [0.15, 0.2) is 0 Å². The lowest BCUT2D eigenvalue weighted by Crippen LogP contribution is -1.97. The molecule has 88 valence electrons. The van der Waals surface area contributed by atoms with Gasteiger partial charge in [-0.1, -0.05) is 30.3 Å². The summed E-state index contributed by atoms with van der Waals surface area (Å²) in [6, 6.07) is 18.8. The summed E-state index contributed by atoms with van der Waals surface area (Å²) in [4.78, 5) is 4.32. The Hall–Kier alpha value is -2.60. The molecule has 0 saturated carbocycles. The van der Waals surface area contributed by atoms with Crippen LogP contribution in [-0.2, 0) is 0 Å². The van der Waals surface area contributed by atoms with Crippen molar-refractivity contribution in [3.8, 4) is 11.8 Å². The van der Waals surface area contributed by atoms with Crippen LogP contribution in [0.5, 0.6) is 5.75 Å². The number of rotatable bonds is 3. The molecule has 0 bridgehead atoms. The van der Waals surface area contributed by atoms with E-state index in [4.69, 9.17) is 4.74 Å². The molecule has 0 fully saturated rings. The van der Waals surface area contributed by atoms with E-state index >= 15 is 0 Å². The smallest absolute Gasteiger partial charge is 0.148 e. The Labute approximate surface area is 106 Å². The maximum Gasteiger partial charge on any atom is 0.148 e. The zero-order valence-corrected chi connectivity index (χ0v) is 10.00. The van der Waals surface area contributed by atoms with Crippen LogP contribution in [0.15, 0.2) is 59.6 Å². The maximum absolute atomic E-state index is 9.18.